The molecule has 0 radical (unpaired) electrons. The van der Waals surface area contributed by atoms with Gasteiger partial charge in [0.15, 0.2) is 0 Å². The number of ether oxygens (including phenoxy) is 8. The van der Waals surface area contributed by atoms with E-state index in [1.165, 1.54) is 0 Å². The van der Waals surface area contributed by atoms with Gasteiger partial charge in [0.25, 0.3) is 0 Å². The Kier molecular flexibility index (Phi) is 21.3. The Morgan fingerprint density at radius 3 is 1.17 bits per heavy atom. The van der Waals surface area contributed by atoms with Gasteiger partial charge in [-0.05, 0) is 20.8 Å². The minimum Gasteiger partial charge on any atom is -0.458 e. The summed E-state index contributed by atoms with van der Waals surface area (Å²) in [5, 5.41) is 0. The lowest BCUT2D eigenvalue weighted by Crippen LogP contribution is -2.27. The van der Waals surface area contributed by atoms with Crippen molar-refractivity contribution in [2.24, 2.45) is 0 Å². The van der Waals surface area contributed by atoms with Crippen molar-refractivity contribution in [3.63, 3.8) is 0 Å². The van der Waals surface area contributed by atoms with Crippen molar-refractivity contribution in [1.82, 2.24) is 0 Å². The zero-order valence-corrected chi connectivity index (χ0v) is 19.4. The third-order valence-corrected chi connectivity index (χ3v) is 3.25. The molecule has 0 N–H and O–H groups in total. The molecule has 180 valence electrons. The lowest BCUT2D eigenvalue weighted by Gasteiger charge is -2.19. The smallest absolute Gasteiger partial charge is 0.332 e. The van der Waals surface area contributed by atoms with E-state index in [2.05, 4.69) is 0 Å². The molecular formula is C20H39ClO9. The Bertz CT molecular complexity index is 378. The molecule has 0 saturated heterocycles. The van der Waals surface area contributed by atoms with Crippen molar-refractivity contribution in [3.05, 3.63) is 0 Å². The number of carbonyl (C=O) groups excluding carboxylic acids is 1. The third-order valence-electron chi connectivity index (χ3n) is 3.09. The van der Waals surface area contributed by atoms with Crippen LogP contribution in [0.5, 0.6) is 0 Å². The predicted molar refractivity (Wildman–Crippen MR) is 112 cm³/mol. The Morgan fingerprint density at radius 2 is 0.867 bits per heavy atom. The van der Waals surface area contributed by atoms with Crippen molar-refractivity contribution in [2.75, 3.05) is 98.4 Å². The Morgan fingerprint density at radius 1 is 0.567 bits per heavy atom. The number of rotatable bonds is 22. The molecule has 0 aliphatic carbocycles. The molecule has 0 saturated carbocycles. The monoisotopic (exact) mass is 458 g/mol. The summed E-state index contributed by atoms with van der Waals surface area (Å²) >= 11 is 5.48. The highest BCUT2D eigenvalue weighted by atomic mass is 35.5. The van der Waals surface area contributed by atoms with E-state index >= 15 is 0 Å². The Labute approximate surface area is 185 Å². The van der Waals surface area contributed by atoms with Gasteiger partial charge in [-0.2, -0.15) is 0 Å². The van der Waals surface area contributed by atoms with Gasteiger partial charge in [0.1, 0.15) is 12.2 Å². The molecule has 0 aliphatic rings. The number of hydrogen-bond acceptors (Lipinski definition) is 9. The van der Waals surface area contributed by atoms with Crippen molar-refractivity contribution < 1.29 is 42.7 Å². The van der Waals surface area contributed by atoms with Gasteiger partial charge in [-0.25, -0.2) is 4.79 Å². The molecule has 0 rings (SSSR count). The molecule has 0 bridgehead atoms. The van der Waals surface area contributed by atoms with Crippen LogP contribution in [0.15, 0.2) is 0 Å². The van der Waals surface area contributed by atoms with Crippen molar-refractivity contribution in [3.8, 4) is 0 Å². The third kappa shape index (κ3) is 25.5. The van der Waals surface area contributed by atoms with Gasteiger partial charge in [0.2, 0.25) is 0 Å². The average Bonchev–Trinajstić information content (AvgIpc) is 2.68. The quantitative estimate of drug-likeness (QED) is 0.136. The van der Waals surface area contributed by atoms with Crippen LogP contribution in [0.4, 0.5) is 0 Å². The molecule has 0 atom stereocenters. The number of hydrogen-bond donors (Lipinski definition) is 0. The Hall–Kier alpha value is -0.520. The van der Waals surface area contributed by atoms with E-state index in [-0.39, 0.29) is 12.6 Å². The summed E-state index contributed by atoms with van der Waals surface area (Å²) in [7, 11) is 0. The largest absolute Gasteiger partial charge is 0.458 e. The molecule has 0 aromatic carbocycles. The minimum absolute atomic E-state index is 0.0742. The highest BCUT2D eigenvalue weighted by molar-refractivity contribution is 6.17. The molecule has 0 unspecified atom stereocenters. The minimum atomic E-state index is -0.500. The molecule has 9 nitrogen and oxygen atoms in total. The van der Waals surface area contributed by atoms with E-state index in [0.717, 1.165) is 0 Å². The van der Waals surface area contributed by atoms with Crippen LogP contribution in [0.25, 0.3) is 0 Å². The lowest BCUT2D eigenvalue weighted by atomic mass is 10.2. The van der Waals surface area contributed by atoms with E-state index in [1.54, 1.807) is 0 Å². The van der Waals surface area contributed by atoms with Crippen LogP contribution in [-0.4, -0.2) is 110 Å². The lowest BCUT2D eigenvalue weighted by molar-refractivity contribution is -0.160. The number of halogens is 1. The van der Waals surface area contributed by atoms with Crippen LogP contribution in [0.2, 0.25) is 0 Å². The maximum atomic E-state index is 11.4. The number of alkyl halides is 1. The van der Waals surface area contributed by atoms with Crippen molar-refractivity contribution in [1.29, 1.82) is 0 Å². The summed E-state index contributed by atoms with van der Waals surface area (Å²) in [5.74, 6) is 0.115. The van der Waals surface area contributed by atoms with Gasteiger partial charge < -0.3 is 37.9 Å². The second kappa shape index (κ2) is 21.7. The molecule has 30 heavy (non-hydrogen) atoms. The number of carbonyl (C=O) groups is 1. The normalized spacial score (nSPS) is 11.7. The van der Waals surface area contributed by atoms with Crippen LogP contribution in [0, 0.1) is 0 Å². The van der Waals surface area contributed by atoms with Gasteiger partial charge in [0.05, 0.1) is 85.9 Å². The van der Waals surface area contributed by atoms with Crippen LogP contribution >= 0.6 is 11.6 Å². The fourth-order valence-electron chi connectivity index (χ4n) is 1.90. The second-order valence-electron chi connectivity index (χ2n) is 7.00. The van der Waals surface area contributed by atoms with Crippen LogP contribution in [0.1, 0.15) is 20.8 Å². The molecule has 0 amide bonds. The molecule has 0 aliphatic heterocycles. The van der Waals surface area contributed by atoms with E-state index < -0.39 is 5.60 Å². The number of esters is 1. The van der Waals surface area contributed by atoms with Crippen molar-refractivity contribution in [2.45, 2.75) is 26.4 Å². The SMILES string of the molecule is CC(C)(C)OC(=O)COCCOCCOCCOCCOCCOCCOCCCl. The van der Waals surface area contributed by atoms with Crippen LogP contribution < -0.4 is 0 Å². The van der Waals surface area contributed by atoms with Gasteiger partial charge in [-0.1, -0.05) is 0 Å². The van der Waals surface area contributed by atoms with E-state index in [9.17, 15) is 4.79 Å². The summed E-state index contributed by atoms with van der Waals surface area (Å²) in [6, 6.07) is 0. The zero-order chi connectivity index (χ0) is 22.3. The van der Waals surface area contributed by atoms with Gasteiger partial charge in [0, 0.05) is 5.88 Å². The summed E-state index contributed by atoms with van der Waals surface area (Å²) in [6.07, 6.45) is 0. The van der Waals surface area contributed by atoms with E-state index in [1.807, 2.05) is 20.8 Å². The standard InChI is InChI=1S/C20H39ClO9/c1-20(2,3)30-19(22)18-29-17-16-28-15-14-27-13-12-26-11-10-25-9-8-24-7-6-23-5-4-21/h4-18H2,1-3H3. The van der Waals surface area contributed by atoms with Crippen LogP contribution in [-0.2, 0) is 42.7 Å². The molecule has 10 heteroatoms. The topological polar surface area (TPSA) is 90.9 Å². The molecule has 0 spiro atoms. The highest BCUT2D eigenvalue weighted by Crippen LogP contribution is 2.06. The molecular weight excluding hydrogens is 420 g/mol. The van der Waals surface area contributed by atoms with Gasteiger partial charge in [-0.15, -0.1) is 11.6 Å². The Balaban J connectivity index is 3.11. The first-order chi connectivity index (χ1) is 14.5. The van der Waals surface area contributed by atoms with E-state index in [4.69, 9.17) is 49.5 Å². The molecule has 0 fully saturated rings. The first-order valence-corrected chi connectivity index (χ1v) is 10.8. The predicted octanol–water partition coefficient (Wildman–Crippen LogP) is 1.68. The first kappa shape index (κ1) is 29.5. The first-order valence-electron chi connectivity index (χ1n) is 10.3. The summed E-state index contributed by atoms with van der Waals surface area (Å²) < 4.78 is 42.3. The molecule has 0 aromatic heterocycles. The molecule has 0 aromatic rings. The highest BCUT2D eigenvalue weighted by Gasteiger charge is 2.15. The maximum absolute atomic E-state index is 11.4. The summed E-state index contributed by atoms with van der Waals surface area (Å²) in [5.41, 5.74) is -0.500. The fourth-order valence-corrected chi connectivity index (χ4v) is 2.01. The average molecular weight is 459 g/mol. The van der Waals surface area contributed by atoms with Gasteiger partial charge >= 0.3 is 5.97 Å². The van der Waals surface area contributed by atoms with Crippen molar-refractivity contribution >= 4 is 17.6 Å². The fraction of sp³-hybridized carbons (Fsp3) is 0.950. The summed E-state index contributed by atoms with van der Waals surface area (Å²) in [6.45, 7) is 11.7. The molecule has 0 heterocycles. The van der Waals surface area contributed by atoms with Gasteiger partial charge in [-0.3, -0.25) is 0 Å². The van der Waals surface area contributed by atoms with E-state index in [0.29, 0.717) is 91.8 Å². The second-order valence-corrected chi connectivity index (χ2v) is 7.38. The van der Waals surface area contributed by atoms with Crippen LogP contribution in [0.3, 0.4) is 0 Å². The maximum Gasteiger partial charge on any atom is 0.332 e. The zero-order valence-electron chi connectivity index (χ0n) is 18.7. The summed E-state index contributed by atoms with van der Waals surface area (Å²) in [4.78, 5) is 11.4.